The van der Waals surface area contributed by atoms with Gasteiger partial charge >= 0.3 is 11.9 Å². The maximum Gasteiger partial charge on any atom is 0.329 e. The molecule has 2 saturated heterocycles. The van der Waals surface area contributed by atoms with E-state index in [1.54, 1.807) is 79.7 Å². The molecule has 4 aliphatic carbocycles. The highest BCUT2D eigenvalue weighted by atomic mass is 16.6. The van der Waals surface area contributed by atoms with Crippen LogP contribution in [0.3, 0.4) is 0 Å². The molecule has 508 valence electrons. The number of carbonyl (C=O) groups is 11. The van der Waals surface area contributed by atoms with Gasteiger partial charge in [0, 0.05) is 53.6 Å². The molecule has 0 aromatic heterocycles. The molecule has 23 heteroatoms. The van der Waals surface area contributed by atoms with Crippen LogP contribution in [-0.4, -0.2) is 211 Å². The molecule has 11 atom stereocenters. The van der Waals surface area contributed by atoms with Gasteiger partial charge in [0.15, 0.2) is 6.10 Å². The van der Waals surface area contributed by atoms with E-state index in [0.717, 1.165) is 24.2 Å². The van der Waals surface area contributed by atoms with Crippen LogP contribution >= 0.6 is 0 Å². The molecule has 91 heavy (non-hydrogen) atoms. The number of rotatable bonds is 14. The summed E-state index contributed by atoms with van der Waals surface area (Å²) in [5.74, 6) is -8.32. The number of amides is 9. The molecule has 2 heterocycles. The molecule has 9 amide bonds. The summed E-state index contributed by atoms with van der Waals surface area (Å²) < 4.78 is 17.4. The van der Waals surface area contributed by atoms with Gasteiger partial charge in [0.05, 0.1) is 26.7 Å². The molecule has 0 spiro atoms. The fourth-order valence-electron chi connectivity index (χ4n) is 15.4. The fourth-order valence-corrected chi connectivity index (χ4v) is 15.4. The third-order valence-electron chi connectivity index (χ3n) is 20.5. The van der Waals surface area contributed by atoms with Crippen molar-refractivity contribution in [3.8, 4) is 5.75 Å². The molecular weight excluding hydrogens is 1170 g/mol. The first-order valence-corrected chi connectivity index (χ1v) is 33.3. The van der Waals surface area contributed by atoms with E-state index in [-0.39, 0.29) is 31.4 Å². The van der Waals surface area contributed by atoms with E-state index in [9.17, 15) is 38.4 Å². The molecule has 2 aliphatic heterocycles. The van der Waals surface area contributed by atoms with Crippen LogP contribution in [0.1, 0.15) is 159 Å². The summed E-state index contributed by atoms with van der Waals surface area (Å²) in [6.07, 6.45) is 6.33. The molecule has 1 aromatic rings. The van der Waals surface area contributed by atoms with Crippen molar-refractivity contribution in [3.05, 3.63) is 29.8 Å². The second kappa shape index (κ2) is 31.7. The predicted molar refractivity (Wildman–Crippen MR) is 341 cm³/mol. The minimum atomic E-state index is -1.56. The fraction of sp³-hybridized carbons (Fsp3) is 0.750. The Morgan fingerprint density at radius 3 is 1.68 bits per heavy atom. The maximum absolute atomic E-state index is 15.6. The summed E-state index contributed by atoms with van der Waals surface area (Å²) in [5, 5.41) is 8.41. The van der Waals surface area contributed by atoms with E-state index in [4.69, 9.17) is 14.2 Å². The first-order valence-electron chi connectivity index (χ1n) is 33.3. The van der Waals surface area contributed by atoms with Crippen LogP contribution in [0.25, 0.3) is 0 Å². The molecule has 0 unspecified atom stereocenters. The summed E-state index contributed by atoms with van der Waals surface area (Å²) in [6.45, 7) is 18.7. The van der Waals surface area contributed by atoms with Gasteiger partial charge < -0.3 is 59.6 Å². The minimum absolute atomic E-state index is 0.108. The Kier molecular flexibility index (Phi) is 25.5. The molecule has 1 aromatic carbocycles. The van der Waals surface area contributed by atoms with Crippen LogP contribution in [0, 0.1) is 52.8 Å². The molecule has 23 nitrogen and oxygen atoms in total. The number of likely N-dealkylation sites (N-methyl/N-ethyl adjacent to an activating group) is 5. The smallest absolute Gasteiger partial charge is 0.329 e. The Balaban J connectivity index is 1.41. The lowest BCUT2D eigenvalue weighted by Gasteiger charge is -2.56. The van der Waals surface area contributed by atoms with E-state index in [1.165, 1.54) is 93.0 Å². The zero-order chi connectivity index (χ0) is 67.7. The first kappa shape index (κ1) is 73.2. The lowest BCUT2D eigenvalue weighted by atomic mass is 9.50. The van der Waals surface area contributed by atoms with E-state index in [1.807, 2.05) is 13.8 Å². The number of esters is 2. The molecule has 4 saturated carbocycles. The van der Waals surface area contributed by atoms with Crippen molar-refractivity contribution in [2.45, 2.75) is 214 Å². The molecule has 6 aliphatic rings. The Bertz CT molecular complexity index is 2760. The highest BCUT2D eigenvalue weighted by Crippen LogP contribution is 2.60. The average molecular weight is 1270 g/mol. The monoisotopic (exact) mass is 1270 g/mol. The number of hydrogen-bond donors (Lipinski definition) is 3. The number of nitrogens with zero attached hydrogens (tertiary/aromatic N) is 6. The van der Waals surface area contributed by atoms with Gasteiger partial charge in [-0.3, -0.25) is 47.9 Å². The number of benzene rings is 1. The Labute approximate surface area is 539 Å². The molecule has 4 bridgehead atoms. The zero-order valence-corrected chi connectivity index (χ0v) is 57.3. The number of hydrogen-bond acceptors (Lipinski definition) is 14. The normalized spacial score (nSPS) is 30.9. The van der Waals surface area contributed by atoms with Crippen LogP contribution in [0.4, 0.5) is 0 Å². The van der Waals surface area contributed by atoms with E-state index in [2.05, 4.69) is 16.0 Å². The first-order chi connectivity index (χ1) is 42.8. The highest BCUT2D eigenvalue weighted by Gasteiger charge is 2.52. The largest absolute Gasteiger partial charge is 0.497 e. The third-order valence-corrected chi connectivity index (χ3v) is 20.5. The Morgan fingerprint density at radius 2 is 1.14 bits per heavy atom. The molecule has 3 N–H and O–H groups in total. The summed E-state index contributed by atoms with van der Waals surface area (Å²) >= 11 is 0. The van der Waals surface area contributed by atoms with Crippen molar-refractivity contribution < 1.29 is 67.0 Å². The number of piperidine rings is 1. The Morgan fingerprint density at radius 1 is 0.615 bits per heavy atom. The number of carbonyl (C=O) groups excluding carboxylic acids is 11. The van der Waals surface area contributed by atoms with Gasteiger partial charge in [-0.05, 0) is 130 Å². The Hall–Kier alpha value is -6.81. The highest BCUT2D eigenvalue weighted by molar-refractivity contribution is 5.99. The topological polar surface area (TPSA) is 271 Å². The summed E-state index contributed by atoms with van der Waals surface area (Å²) in [6, 6.07) is -3.43. The predicted octanol–water partition coefficient (Wildman–Crippen LogP) is 4.99. The van der Waals surface area contributed by atoms with Crippen LogP contribution in [0.2, 0.25) is 0 Å². The van der Waals surface area contributed by atoms with Crippen molar-refractivity contribution in [1.82, 2.24) is 45.3 Å². The van der Waals surface area contributed by atoms with Crippen molar-refractivity contribution in [2.24, 2.45) is 52.8 Å². The molecule has 7 rings (SSSR count). The van der Waals surface area contributed by atoms with Crippen molar-refractivity contribution in [3.63, 3.8) is 0 Å². The second-order valence-corrected chi connectivity index (χ2v) is 28.3. The number of fused-ring (bicyclic) bond motifs is 1. The molecular formula is C68H107N9O14. The van der Waals surface area contributed by atoms with Gasteiger partial charge in [-0.15, -0.1) is 0 Å². The van der Waals surface area contributed by atoms with Crippen LogP contribution in [0.15, 0.2) is 24.3 Å². The zero-order valence-electron chi connectivity index (χ0n) is 57.3. The van der Waals surface area contributed by atoms with E-state index < -0.39 is 162 Å². The third kappa shape index (κ3) is 17.3. The SMILES string of the molecule is CC[C@@H](C)[C@H]1C(=O)NCC(=O)N(C)[C@@H](C(C)C)C(=O)N[C@@H](Cc2ccc(OC)cc2)C(=O)O[C@@H](C)C(=O)N2CCCC[C@H]2C(=O)N(C)[C@@H](C(C)C)C(=O)N[C@@H](C(C)C)C(=O)N(C)[C@H](CC(=O)OCC23CC4CC(CC(C4)C2)C3)C(=O)N(C)[C@@H]([C@@H](C)CC)C(=O)N1C. The van der Waals surface area contributed by atoms with Crippen LogP contribution in [0.5, 0.6) is 5.75 Å². The van der Waals surface area contributed by atoms with Crippen molar-refractivity contribution in [2.75, 3.05) is 62.0 Å². The van der Waals surface area contributed by atoms with Gasteiger partial charge in [0.1, 0.15) is 54.1 Å². The summed E-state index contributed by atoms with van der Waals surface area (Å²) in [4.78, 5) is 170. The van der Waals surface area contributed by atoms with Gasteiger partial charge in [-0.1, -0.05) is 94.2 Å². The van der Waals surface area contributed by atoms with Crippen molar-refractivity contribution >= 4 is 65.1 Å². The lowest BCUT2D eigenvalue weighted by Crippen LogP contribution is -2.63. The quantitative estimate of drug-likeness (QED) is 0.207. The number of ether oxygens (including phenoxy) is 3. The van der Waals surface area contributed by atoms with Gasteiger partial charge in [0.2, 0.25) is 47.3 Å². The van der Waals surface area contributed by atoms with Crippen LogP contribution in [-0.2, 0) is 68.6 Å². The molecule has 0 radical (unpaired) electrons. The second-order valence-electron chi connectivity index (χ2n) is 28.3. The lowest BCUT2D eigenvalue weighted by molar-refractivity contribution is -0.165. The summed E-state index contributed by atoms with van der Waals surface area (Å²) in [7, 11) is 8.63. The van der Waals surface area contributed by atoms with Gasteiger partial charge in [0.25, 0.3) is 5.91 Å². The van der Waals surface area contributed by atoms with Crippen LogP contribution < -0.4 is 20.7 Å². The van der Waals surface area contributed by atoms with Gasteiger partial charge in [-0.25, -0.2) is 4.79 Å². The van der Waals surface area contributed by atoms with E-state index >= 15 is 14.4 Å². The number of cyclic esters (lactones) is 1. The van der Waals surface area contributed by atoms with Crippen molar-refractivity contribution in [1.29, 1.82) is 0 Å². The molecule has 6 fully saturated rings. The minimum Gasteiger partial charge on any atom is -0.497 e. The average Bonchev–Trinajstić information content (AvgIpc) is 0.770. The standard InChI is InChI=1S/C68H107N9O14/c1-18-41(9)57-59(80)69-36-52(78)73(13)55(39(5)6)60(81)70-49(31-44-23-25-48(89-17)26-24-44)67(88)91-43(11)62(83)77-27-21-20-22-50(77)63(84)74(14)56(40(7)8)61(82)71-54(38(3)4)65(86)72(12)51(64(85)76(16)58(42(10)19-2)66(87)75(57)15)32-53(79)90-37-68-33-45-28-46(34-68)30-47(29-45)35-68/h23-26,38-43,45-47,49-51,54-58H,18-22,27-37H2,1-17H3,(H,69,80)(H,70,81)(H,71,82)/t41-,42+,43+,45?,46?,47?,49+,50+,51-,54+,55+,56+,57+,58+,68?/m1/s1. The number of methoxy groups -OCH3 is 1. The van der Waals surface area contributed by atoms with E-state index in [0.29, 0.717) is 54.7 Å². The maximum atomic E-state index is 15.6. The number of nitrogens with one attached hydrogen (secondary N) is 3. The van der Waals surface area contributed by atoms with Gasteiger partial charge in [-0.2, -0.15) is 0 Å². The summed E-state index contributed by atoms with van der Waals surface area (Å²) in [5.41, 5.74) is 0.423.